The Hall–Kier alpha value is 0.280. The zero-order valence-corrected chi connectivity index (χ0v) is 8.83. The van der Waals surface area contributed by atoms with Gasteiger partial charge in [0.1, 0.15) is 0 Å². The van der Waals surface area contributed by atoms with Crippen molar-refractivity contribution in [2.45, 2.75) is 25.1 Å². The van der Waals surface area contributed by atoms with Crippen LogP contribution in [-0.2, 0) is 0 Å². The summed E-state index contributed by atoms with van der Waals surface area (Å²) in [4.78, 5) is 0. The van der Waals surface area contributed by atoms with E-state index in [-0.39, 0.29) is 0 Å². The van der Waals surface area contributed by atoms with Gasteiger partial charge in [-0.15, -0.1) is 11.6 Å². The standard InChI is InChI=1S/C9H15Cl2N/c1-7(4-10)5-12-6-8-2-9(11)3-8/h4,8-9,12H,2-3,5-6H2,1H3. The number of hydrogen-bond donors (Lipinski definition) is 1. The highest BCUT2D eigenvalue weighted by Crippen LogP contribution is 2.30. The smallest absolute Gasteiger partial charge is 0.0342 e. The summed E-state index contributed by atoms with van der Waals surface area (Å²) in [6.07, 6.45) is 2.33. The van der Waals surface area contributed by atoms with Crippen molar-refractivity contribution >= 4 is 23.2 Å². The largest absolute Gasteiger partial charge is 0.313 e. The van der Waals surface area contributed by atoms with Gasteiger partial charge < -0.3 is 5.32 Å². The summed E-state index contributed by atoms with van der Waals surface area (Å²) in [5.74, 6) is 0.788. The summed E-state index contributed by atoms with van der Waals surface area (Å²) in [5, 5.41) is 3.78. The van der Waals surface area contributed by atoms with Gasteiger partial charge in [-0.05, 0) is 37.8 Å². The molecular weight excluding hydrogens is 193 g/mol. The highest BCUT2D eigenvalue weighted by Gasteiger charge is 2.26. The SMILES string of the molecule is CC(=CCl)CNCC1CC(Cl)C1. The molecule has 12 heavy (non-hydrogen) atoms. The van der Waals surface area contributed by atoms with E-state index in [1.54, 1.807) is 5.54 Å². The van der Waals surface area contributed by atoms with Gasteiger partial charge in [0.15, 0.2) is 0 Å². The number of nitrogens with one attached hydrogen (secondary N) is 1. The second-order valence-electron chi connectivity index (χ2n) is 3.52. The fourth-order valence-corrected chi connectivity index (χ4v) is 1.91. The first kappa shape index (κ1) is 10.4. The molecule has 1 rings (SSSR count). The molecule has 0 aromatic carbocycles. The molecule has 3 heteroatoms. The normalized spacial score (nSPS) is 30.1. The molecule has 1 saturated carbocycles. The molecule has 1 aliphatic rings. The molecule has 0 atom stereocenters. The van der Waals surface area contributed by atoms with Crippen molar-refractivity contribution in [1.82, 2.24) is 5.32 Å². The summed E-state index contributed by atoms with van der Waals surface area (Å²) in [6, 6.07) is 0. The van der Waals surface area contributed by atoms with E-state index in [9.17, 15) is 0 Å². The van der Waals surface area contributed by atoms with Gasteiger partial charge in [0, 0.05) is 17.5 Å². The molecular formula is C9H15Cl2N. The average Bonchev–Trinajstić information content (AvgIpc) is 2.01. The van der Waals surface area contributed by atoms with E-state index in [1.807, 2.05) is 6.92 Å². The minimum absolute atomic E-state index is 0.432. The molecule has 70 valence electrons. The molecule has 0 radical (unpaired) electrons. The number of halogens is 2. The molecule has 1 nitrogen and oxygen atoms in total. The van der Waals surface area contributed by atoms with Gasteiger partial charge in [0.2, 0.25) is 0 Å². The second-order valence-corrected chi connectivity index (χ2v) is 4.36. The van der Waals surface area contributed by atoms with E-state index in [1.165, 1.54) is 5.57 Å². The predicted molar refractivity (Wildman–Crippen MR) is 54.8 cm³/mol. The minimum atomic E-state index is 0.432. The summed E-state index contributed by atoms with van der Waals surface area (Å²) in [5.41, 5.74) is 2.80. The van der Waals surface area contributed by atoms with Crippen LogP contribution < -0.4 is 5.32 Å². The van der Waals surface area contributed by atoms with Gasteiger partial charge >= 0.3 is 0 Å². The van der Waals surface area contributed by atoms with E-state index in [0.29, 0.717) is 5.38 Å². The lowest BCUT2D eigenvalue weighted by molar-refractivity contribution is 0.312. The first-order valence-electron chi connectivity index (χ1n) is 4.33. The minimum Gasteiger partial charge on any atom is -0.313 e. The molecule has 0 aromatic rings. The molecule has 0 saturated heterocycles. The lowest BCUT2D eigenvalue weighted by Gasteiger charge is -2.31. The van der Waals surface area contributed by atoms with Crippen molar-refractivity contribution in [2.24, 2.45) is 5.92 Å². The van der Waals surface area contributed by atoms with Crippen LogP contribution in [0, 0.1) is 5.92 Å². The molecule has 1 N–H and O–H groups in total. The summed E-state index contributed by atoms with van der Waals surface area (Å²) in [7, 11) is 0. The van der Waals surface area contributed by atoms with Crippen LogP contribution in [0.3, 0.4) is 0 Å². The zero-order valence-electron chi connectivity index (χ0n) is 7.32. The van der Waals surface area contributed by atoms with Gasteiger partial charge in [0.05, 0.1) is 0 Å². The third-order valence-electron chi connectivity index (χ3n) is 2.20. The van der Waals surface area contributed by atoms with Crippen LogP contribution in [0.1, 0.15) is 19.8 Å². The van der Waals surface area contributed by atoms with E-state index in [0.717, 1.165) is 31.8 Å². The molecule has 0 spiro atoms. The zero-order chi connectivity index (χ0) is 8.97. The Morgan fingerprint density at radius 2 is 2.25 bits per heavy atom. The van der Waals surface area contributed by atoms with Crippen LogP contribution in [0.2, 0.25) is 0 Å². The fraction of sp³-hybridized carbons (Fsp3) is 0.778. The van der Waals surface area contributed by atoms with Crippen LogP contribution in [0.4, 0.5) is 0 Å². The van der Waals surface area contributed by atoms with E-state index >= 15 is 0 Å². The van der Waals surface area contributed by atoms with E-state index < -0.39 is 0 Å². The van der Waals surface area contributed by atoms with Crippen LogP contribution in [0.25, 0.3) is 0 Å². The van der Waals surface area contributed by atoms with E-state index in [2.05, 4.69) is 5.32 Å². The Kier molecular flexibility index (Phi) is 4.41. The van der Waals surface area contributed by atoms with Gasteiger partial charge in [-0.2, -0.15) is 0 Å². The van der Waals surface area contributed by atoms with Gasteiger partial charge in [-0.25, -0.2) is 0 Å². The highest BCUT2D eigenvalue weighted by molar-refractivity contribution is 6.25. The maximum absolute atomic E-state index is 5.85. The molecule has 0 unspecified atom stereocenters. The molecule has 0 aliphatic heterocycles. The van der Waals surface area contributed by atoms with E-state index in [4.69, 9.17) is 23.2 Å². The van der Waals surface area contributed by atoms with Crippen molar-refractivity contribution in [1.29, 1.82) is 0 Å². The molecule has 1 aliphatic carbocycles. The van der Waals surface area contributed by atoms with Crippen molar-refractivity contribution in [3.05, 3.63) is 11.1 Å². The van der Waals surface area contributed by atoms with Gasteiger partial charge in [-0.1, -0.05) is 11.6 Å². The molecule has 0 aromatic heterocycles. The number of hydrogen-bond acceptors (Lipinski definition) is 1. The third-order valence-corrected chi connectivity index (χ3v) is 2.93. The first-order chi connectivity index (χ1) is 5.72. The fourth-order valence-electron chi connectivity index (χ4n) is 1.33. The Morgan fingerprint density at radius 3 is 2.75 bits per heavy atom. The number of rotatable bonds is 4. The van der Waals surface area contributed by atoms with Crippen molar-refractivity contribution in [2.75, 3.05) is 13.1 Å². The quantitative estimate of drug-likeness (QED) is 0.700. The summed E-state index contributed by atoms with van der Waals surface area (Å²) < 4.78 is 0. The molecule has 0 heterocycles. The lowest BCUT2D eigenvalue weighted by atomic mass is 9.85. The molecule has 1 fully saturated rings. The Labute approximate surface area is 84.1 Å². The van der Waals surface area contributed by atoms with Crippen LogP contribution in [-0.4, -0.2) is 18.5 Å². The topological polar surface area (TPSA) is 12.0 Å². The van der Waals surface area contributed by atoms with Crippen molar-refractivity contribution in [3.8, 4) is 0 Å². The van der Waals surface area contributed by atoms with Gasteiger partial charge in [-0.3, -0.25) is 0 Å². The average molecular weight is 208 g/mol. The Bertz CT molecular complexity index is 162. The van der Waals surface area contributed by atoms with Crippen molar-refractivity contribution < 1.29 is 0 Å². The maximum atomic E-state index is 5.85. The van der Waals surface area contributed by atoms with Crippen LogP contribution >= 0.6 is 23.2 Å². The highest BCUT2D eigenvalue weighted by atomic mass is 35.5. The number of alkyl halides is 1. The van der Waals surface area contributed by atoms with Gasteiger partial charge in [0.25, 0.3) is 0 Å². The molecule has 0 bridgehead atoms. The summed E-state index contributed by atoms with van der Waals surface area (Å²) >= 11 is 11.4. The Balaban J connectivity index is 1.96. The first-order valence-corrected chi connectivity index (χ1v) is 5.20. The maximum Gasteiger partial charge on any atom is 0.0342 e. The van der Waals surface area contributed by atoms with Crippen molar-refractivity contribution in [3.63, 3.8) is 0 Å². The predicted octanol–water partition coefficient (Wildman–Crippen LogP) is 2.74. The van der Waals surface area contributed by atoms with Crippen LogP contribution in [0.5, 0.6) is 0 Å². The van der Waals surface area contributed by atoms with Crippen LogP contribution in [0.15, 0.2) is 11.1 Å². The Morgan fingerprint density at radius 1 is 1.58 bits per heavy atom. The molecule has 0 amide bonds. The third kappa shape index (κ3) is 3.34. The summed E-state index contributed by atoms with van der Waals surface area (Å²) in [6.45, 7) is 3.99. The lowest BCUT2D eigenvalue weighted by Crippen LogP contribution is -2.34. The monoisotopic (exact) mass is 207 g/mol. The second kappa shape index (κ2) is 5.11.